The average molecular weight is 665 g/mol. The zero-order chi connectivity index (χ0) is 32.9. The van der Waals surface area contributed by atoms with Crippen molar-refractivity contribution in [3.8, 4) is 34.3 Å². The molecule has 2 aromatic carbocycles. The maximum atomic E-state index is 13.8. The topological polar surface area (TPSA) is 155 Å². The molecule has 2 saturated carbocycles. The van der Waals surface area contributed by atoms with E-state index in [4.69, 9.17) is 20.2 Å². The van der Waals surface area contributed by atoms with Gasteiger partial charge in [0.1, 0.15) is 40.3 Å². The van der Waals surface area contributed by atoms with Crippen LogP contribution in [0, 0.1) is 12.8 Å². The van der Waals surface area contributed by atoms with Gasteiger partial charge in [-0.15, -0.1) is 20.1 Å². The van der Waals surface area contributed by atoms with Gasteiger partial charge in [-0.25, -0.2) is 9.97 Å². The number of thiazole rings is 1. The largest absolute Gasteiger partial charge is 0.586 e. The van der Waals surface area contributed by atoms with Gasteiger partial charge in [-0.2, -0.15) is 0 Å². The predicted octanol–water partition coefficient (Wildman–Crippen LogP) is 4.69. The third-order valence-electron chi connectivity index (χ3n) is 9.15. The summed E-state index contributed by atoms with van der Waals surface area (Å²) in [6, 6.07) is 9.20. The summed E-state index contributed by atoms with van der Waals surface area (Å²) in [4.78, 5) is 35.7. The minimum absolute atomic E-state index is 0.0815. The molecule has 0 saturated heterocycles. The average Bonchev–Trinajstić information content (AvgIpc) is 3.95. The number of carbonyl (C=O) groups excluding carboxylic acids is 2. The molecule has 4 heterocycles. The monoisotopic (exact) mass is 664 g/mol. The van der Waals surface area contributed by atoms with Crippen LogP contribution in [0.2, 0.25) is 0 Å². The fourth-order valence-corrected chi connectivity index (χ4v) is 7.00. The van der Waals surface area contributed by atoms with Gasteiger partial charge in [-0.1, -0.05) is 0 Å². The van der Waals surface area contributed by atoms with Crippen LogP contribution in [0.3, 0.4) is 0 Å². The number of hydrogen-bond acceptors (Lipinski definition) is 10. The Hall–Kier alpha value is -4.56. The van der Waals surface area contributed by atoms with Crippen LogP contribution >= 0.6 is 11.3 Å². The maximum Gasteiger partial charge on any atom is 0.586 e. The van der Waals surface area contributed by atoms with E-state index in [9.17, 15) is 23.5 Å². The van der Waals surface area contributed by atoms with Gasteiger partial charge in [-0.05, 0) is 81.8 Å². The second-order valence-electron chi connectivity index (χ2n) is 12.8. The second kappa shape index (κ2) is 10.2. The predicted molar refractivity (Wildman–Crippen MR) is 165 cm³/mol. The number of amides is 2. The number of primary amides is 1. The van der Waals surface area contributed by atoms with Crippen LogP contribution in [0.1, 0.15) is 59.2 Å². The van der Waals surface area contributed by atoms with Gasteiger partial charge in [0.2, 0.25) is 5.91 Å². The number of aliphatic hydroxyl groups is 1. The molecule has 2 amide bonds. The molecule has 1 unspecified atom stereocenters. The Morgan fingerprint density at radius 1 is 1.13 bits per heavy atom. The zero-order valence-electron chi connectivity index (χ0n) is 25.4. The second-order valence-corrected chi connectivity index (χ2v) is 14.0. The van der Waals surface area contributed by atoms with E-state index in [0.29, 0.717) is 40.8 Å². The molecule has 14 heteroatoms. The summed E-state index contributed by atoms with van der Waals surface area (Å²) in [6.45, 7) is 3.25. The summed E-state index contributed by atoms with van der Waals surface area (Å²) in [5, 5.41) is 16.0. The number of nitrogens with one attached hydrogen (secondary N) is 1. The number of fused-ring (bicyclic) bond motifs is 3. The molecule has 2 atom stereocenters. The van der Waals surface area contributed by atoms with E-state index < -0.39 is 29.1 Å². The van der Waals surface area contributed by atoms with Crippen molar-refractivity contribution in [2.75, 3.05) is 13.2 Å². The number of pyridine rings is 1. The minimum Gasteiger partial charge on any atom is -0.489 e. The SMILES string of the molecule is Cc1nc2c(OC3CC3)cc(C(=O)NCC(O)(c3cc4c(c(-c5ccc6c(c5)OC(F)(F)O6)n3)OC[C@]4(C)C(N)=O)C3CC3)cc2s1. The summed E-state index contributed by atoms with van der Waals surface area (Å²) in [5.74, 6) is -0.879. The first kappa shape index (κ1) is 29.8. The van der Waals surface area contributed by atoms with E-state index in [1.807, 2.05) is 6.92 Å². The van der Waals surface area contributed by atoms with Gasteiger partial charge in [0.15, 0.2) is 11.5 Å². The van der Waals surface area contributed by atoms with Crippen molar-refractivity contribution in [2.24, 2.45) is 11.7 Å². The molecule has 4 N–H and O–H groups in total. The first-order chi connectivity index (χ1) is 22.3. The number of aromatic nitrogens is 2. The van der Waals surface area contributed by atoms with Crippen molar-refractivity contribution < 1.29 is 42.4 Å². The molecule has 47 heavy (non-hydrogen) atoms. The first-order valence-electron chi connectivity index (χ1n) is 15.3. The number of nitrogens with zero attached hydrogens (tertiary/aromatic N) is 2. The van der Waals surface area contributed by atoms with E-state index in [1.54, 1.807) is 25.1 Å². The molecule has 2 fully saturated rings. The Labute approximate surface area is 271 Å². The van der Waals surface area contributed by atoms with Crippen molar-refractivity contribution in [1.29, 1.82) is 0 Å². The van der Waals surface area contributed by atoms with Crippen molar-refractivity contribution in [2.45, 2.75) is 62.9 Å². The van der Waals surface area contributed by atoms with E-state index in [2.05, 4.69) is 19.8 Å². The Kier molecular flexibility index (Phi) is 6.48. The highest BCUT2D eigenvalue weighted by molar-refractivity contribution is 7.18. The van der Waals surface area contributed by atoms with Crippen LogP contribution in [-0.2, 0) is 15.8 Å². The van der Waals surface area contributed by atoms with Gasteiger partial charge >= 0.3 is 6.29 Å². The van der Waals surface area contributed by atoms with Crippen LogP contribution in [0.25, 0.3) is 21.5 Å². The van der Waals surface area contributed by atoms with E-state index in [0.717, 1.165) is 22.5 Å². The Morgan fingerprint density at radius 3 is 2.62 bits per heavy atom. The molecule has 244 valence electrons. The van der Waals surface area contributed by atoms with Gasteiger partial charge < -0.3 is 35.1 Å². The van der Waals surface area contributed by atoms with E-state index >= 15 is 0 Å². The lowest BCUT2D eigenvalue weighted by Gasteiger charge is -2.30. The Bertz CT molecular complexity index is 2000. The zero-order valence-corrected chi connectivity index (χ0v) is 26.2. The lowest BCUT2D eigenvalue weighted by molar-refractivity contribution is -0.286. The van der Waals surface area contributed by atoms with Gasteiger partial charge in [0, 0.05) is 16.7 Å². The molecule has 2 aromatic heterocycles. The number of nitrogens with two attached hydrogens (primary N) is 1. The number of aryl methyl sites for hydroxylation is 1. The fourth-order valence-electron chi connectivity index (χ4n) is 6.12. The highest BCUT2D eigenvalue weighted by Crippen LogP contribution is 2.51. The third kappa shape index (κ3) is 5.10. The Morgan fingerprint density at radius 2 is 1.89 bits per heavy atom. The van der Waals surface area contributed by atoms with Crippen LogP contribution in [0.5, 0.6) is 23.0 Å². The lowest BCUT2D eigenvalue weighted by Crippen LogP contribution is -2.44. The summed E-state index contributed by atoms with van der Waals surface area (Å²) in [7, 11) is 0. The summed E-state index contributed by atoms with van der Waals surface area (Å²) < 4.78 is 49.7. The van der Waals surface area contributed by atoms with E-state index in [1.165, 1.54) is 29.5 Å². The van der Waals surface area contributed by atoms with Crippen molar-refractivity contribution in [3.63, 3.8) is 0 Å². The number of rotatable bonds is 9. The Balaban J connectivity index is 1.16. The molecule has 0 radical (unpaired) electrons. The summed E-state index contributed by atoms with van der Waals surface area (Å²) in [5.41, 5.74) is 5.10. The number of halogens is 2. The standard InChI is InChI=1S/C33H30F2N4O7S/c1-15-38-27-23(44-19-6-7-19)10-17(11-24(27)47-15)29(40)37-13-32(42,18-4-5-18)25-12-20-28(43-14-31(20,2)30(36)41)26(39-25)16-3-8-21-22(9-16)46-33(34,35)45-21/h3,8-12,18-19,42H,4-7,13-14H2,1-2H3,(H2,36,41)(H,37,40)/t31-,32?/m0/s1. The van der Waals surface area contributed by atoms with Crippen LogP contribution in [0.4, 0.5) is 8.78 Å². The van der Waals surface area contributed by atoms with Crippen LogP contribution < -0.4 is 30.0 Å². The molecule has 4 aliphatic rings. The van der Waals surface area contributed by atoms with Gasteiger partial charge in [-0.3, -0.25) is 9.59 Å². The molecule has 4 aromatic rings. The minimum atomic E-state index is -3.82. The van der Waals surface area contributed by atoms with E-state index in [-0.39, 0.29) is 53.8 Å². The molecular formula is C33H30F2N4O7S. The lowest BCUT2D eigenvalue weighted by atomic mass is 9.81. The molecular weight excluding hydrogens is 634 g/mol. The van der Waals surface area contributed by atoms with Crippen LogP contribution in [0.15, 0.2) is 36.4 Å². The number of benzene rings is 2. The molecule has 0 bridgehead atoms. The smallest absolute Gasteiger partial charge is 0.489 e. The van der Waals surface area contributed by atoms with Crippen molar-refractivity contribution in [3.05, 3.63) is 58.2 Å². The normalized spacial score (nSPS) is 22.0. The maximum absolute atomic E-state index is 13.8. The summed E-state index contributed by atoms with van der Waals surface area (Å²) >= 11 is 1.46. The molecule has 11 nitrogen and oxygen atoms in total. The number of ether oxygens (including phenoxy) is 4. The quantitative estimate of drug-likeness (QED) is 0.231. The van der Waals surface area contributed by atoms with Crippen molar-refractivity contribution in [1.82, 2.24) is 15.3 Å². The first-order valence-corrected chi connectivity index (χ1v) is 16.1. The fraction of sp³-hybridized carbons (Fsp3) is 0.394. The van der Waals surface area contributed by atoms with Gasteiger partial charge in [0.05, 0.1) is 28.1 Å². The number of alkyl halides is 2. The third-order valence-corrected chi connectivity index (χ3v) is 10.1. The molecule has 2 aliphatic carbocycles. The van der Waals surface area contributed by atoms with Crippen molar-refractivity contribution >= 4 is 33.4 Å². The van der Waals surface area contributed by atoms with Gasteiger partial charge in [0.25, 0.3) is 5.91 Å². The number of carbonyl (C=O) groups is 2. The highest BCUT2D eigenvalue weighted by atomic mass is 32.1. The summed E-state index contributed by atoms with van der Waals surface area (Å²) in [6.07, 6.45) is -0.468. The highest BCUT2D eigenvalue weighted by Gasteiger charge is 2.50. The molecule has 8 rings (SSSR count). The van der Waals surface area contributed by atoms with Crippen LogP contribution in [-0.4, -0.2) is 52.4 Å². The molecule has 2 aliphatic heterocycles. The molecule has 0 spiro atoms. The number of hydrogen-bond donors (Lipinski definition) is 3.